The van der Waals surface area contributed by atoms with E-state index in [1.54, 1.807) is 0 Å². The number of carbonyl (C=O) groups excluding carboxylic acids is 2. The summed E-state index contributed by atoms with van der Waals surface area (Å²) in [5, 5.41) is 0. The van der Waals surface area contributed by atoms with Crippen LogP contribution in [0.15, 0.2) is 24.3 Å². The second-order valence-corrected chi connectivity index (χ2v) is 8.14. The van der Waals surface area contributed by atoms with Crippen molar-refractivity contribution in [2.75, 3.05) is 26.9 Å². The molecule has 3 atom stereocenters. The molecule has 3 aliphatic rings. The van der Waals surface area contributed by atoms with Gasteiger partial charge in [0, 0.05) is 31.5 Å². The monoisotopic (exact) mass is 388 g/mol. The van der Waals surface area contributed by atoms with Gasteiger partial charge in [-0.1, -0.05) is 32.0 Å². The van der Waals surface area contributed by atoms with Crippen LogP contribution in [0.4, 0.5) is 0 Å². The van der Waals surface area contributed by atoms with E-state index in [4.69, 9.17) is 9.47 Å². The highest BCUT2D eigenvalue weighted by Gasteiger charge is 2.64. The van der Waals surface area contributed by atoms with E-state index in [-0.39, 0.29) is 24.6 Å². The Morgan fingerprint density at radius 2 is 2.14 bits per heavy atom. The van der Waals surface area contributed by atoms with Gasteiger partial charge >= 0.3 is 5.97 Å². The Labute approximate surface area is 165 Å². The lowest BCUT2D eigenvalue weighted by Gasteiger charge is -2.34. The fourth-order valence-corrected chi connectivity index (χ4v) is 4.83. The fourth-order valence-electron chi connectivity index (χ4n) is 4.83. The summed E-state index contributed by atoms with van der Waals surface area (Å²) in [6, 6.07) is 7.91. The summed E-state index contributed by atoms with van der Waals surface area (Å²) in [4.78, 5) is 28.6. The van der Waals surface area contributed by atoms with Gasteiger partial charge in [-0.3, -0.25) is 9.69 Å². The summed E-state index contributed by atoms with van der Waals surface area (Å²) in [5.41, 5.74) is 0.515. The SMILES string of the molecule is COC(=O)COc1ccccc1CN1CC[C@@]23OC[C@@H](C(C)C)N2C(=O)C[C@@H]13. The lowest BCUT2D eigenvalue weighted by molar-refractivity contribution is -0.143. The Kier molecular flexibility index (Phi) is 5.05. The highest BCUT2D eigenvalue weighted by Crippen LogP contribution is 2.49. The van der Waals surface area contributed by atoms with E-state index in [0.717, 1.165) is 18.5 Å². The molecule has 3 aliphatic heterocycles. The molecule has 7 nitrogen and oxygen atoms in total. The molecule has 0 unspecified atom stereocenters. The van der Waals surface area contributed by atoms with Crippen molar-refractivity contribution in [2.45, 2.75) is 51.0 Å². The van der Waals surface area contributed by atoms with E-state index in [0.29, 0.717) is 31.2 Å². The summed E-state index contributed by atoms with van der Waals surface area (Å²) in [7, 11) is 1.34. The number of methoxy groups -OCH3 is 1. The summed E-state index contributed by atoms with van der Waals surface area (Å²) < 4.78 is 16.6. The number of nitrogens with zero attached hydrogens (tertiary/aromatic N) is 2. The van der Waals surface area contributed by atoms with Crippen LogP contribution in [0, 0.1) is 5.92 Å². The number of hydrogen-bond donors (Lipinski definition) is 0. The number of amides is 1. The predicted molar refractivity (Wildman–Crippen MR) is 102 cm³/mol. The van der Waals surface area contributed by atoms with Crippen LogP contribution in [0.5, 0.6) is 5.75 Å². The molecule has 152 valence electrons. The lowest BCUT2D eigenvalue weighted by atomic mass is 10.0. The Bertz CT molecular complexity index is 767. The molecule has 0 aliphatic carbocycles. The molecule has 1 aromatic rings. The minimum absolute atomic E-state index is 0.0532. The van der Waals surface area contributed by atoms with Gasteiger partial charge in [0.15, 0.2) is 12.3 Å². The maximum atomic E-state index is 12.8. The van der Waals surface area contributed by atoms with E-state index in [2.05, 4.69) is 23.5 Å². The van der Waals surface area contributed by atoms with Crippen LogP contribution < -0.4 is 4.74 Å². The van der Waals surface area contributed by atoms with Crippen molar-refractivity contribution in [2.24, 2.45) is 5.92 Å². The second-order valence-electron chi connectivity index (χ2n) is 8.14. The van der Waals surface area contributed by atoms with Gasteiger partial charge in [0.05, 0.1) is 25.8 Å². The zero-order chi connectivity index (χ0) is 19.9. The molecule has 0 radical (unpaired) electrons. The van der Waals surface area contributed by atoms with Crippen molar-refractivity contribution in [3.8, 4) is 5.75 Å². The van der Waals surface area contributed by atoms with Gasteiger partial charge in [-0.05, 0) is 12.0 Å². The molecule has 1 spiro atoms. The molecule has 3 heterocycles. The van der Waals surface area contributed by atoms with Crippen molar-refractivity contribution in [1.82, 2.24) is 9.80 Å². The standard InChI is InChI=1S/C21H28N2O5/c1-14(2)16-12-28-21-8-9-22(18(21)10-19(24)23(16)21)11-15-6-4-5-7-17(15)27-13-20(25)26-3/h4-7,14,16,18H,8-13H2,1-3H3/t16-,18+,21-/m0/s1. The van der Waals surface area contributed by atoms with Gasteiger partial charge in [-0.25, -0.2) is 4.79 Å². The van der Waals surface area contributed by atoms with E-state index >= 15 is 0 Å². The molecule has 7 heteroatoms. The normalized spacial score (nSPS) is 29.3. The van der Waals surface area contributed by atoms with Crippen molar-refractivity contribution >= 4 is 11.9 Å². The molecule has 4 rings (SSSR count). The summed E-state index contributed by atoms with van der Waals surface area (Å²) in [6.07, 6.45) is 1.33. The predicted octanol–water partition coefficient (Wildman–Crippen LogP) is 1.80. The Balaban J connectivity index is 1.51. The van der Waals surface area contributed by atoms with Crippen LogP contribution in [0.25, 0.3) is 0 Å². The van der Waals surface area contributed by atoms with Crippen molar-refractivity contribution in [3.63, 3.8) is 0 Å². The third kappa shape index (κ3) is 3.06. The number of ether oxygens (including phenoxy) is 3. The van der Waals surface area contributed by atoms with Crippen molar-refractivity contribution in [1.29, 1.82) is 0 Å². The number of rotatable bonds is 6. The van der Waals surface area contributed by atoms with Crippen LogP contribution in [-0.2, 0) is 25.6 Å². The maximum Gasteiger partial charge on any atom is 0.343 e. The van der Waals surface area contributed by atoms with E-state index < -0.39 is 11.7 Å². The molecule has 3 fully saturated rings. The molecule has 0 aromatic heterocycles. The zero-order valence-corrected chi connectivity index (χ0v) is 16.7. The average Bonchev–Trinajstić information content (AvgIpc) is 3.31. The lowest BCUT2D eigenvalue weighted by Crippen LogP contribution is -2.50. The number of carbonyl (C=O) groups is 2. The van der Waals surface area contributed by atoms with Gasteiger partial charge in [0.25, 0.3) is 0 Å². The van der Waals surface area contributed by atoms with Crippen molar-refractivity contribution in [3.05, 3.63) is 29.8 Å². The Morgan fingerprint density at radius 3 is 2.89 bits per heavy atom. The molecule has 0 N–H and O–H groups in total. The number of benzene rings is 1. The first-order valence-electron chi connectivity index (χ1n) is 9.94. The van der Waals surface area contributed by atoms with Crippen LogP contribution >= 0.6 is 0 Å². The topological polar surface area (TPSA) is 68.3 Å². The molecular formula is C21H28N2O5. The number of hydrogen-bond acceptors (Lipinski definition) is 6. The third-order valence-corrected chi connectivity index (χ3v) is 6.29. The minimum Gasteiger partial charge on any atom is -0.482 e. The van der Waals surface area contributed by atoms with Crippen LogP contribution in [0.3, 0.4) is 0 Å². The largest absolute Gasteiger partial charge is 0.482 e. The Morgan fingerprint density at radius 1 is 1.36 bits per heavy atom. The van der Waals surface area contributed by atoms with Gasteiger partial charge in [0.1, 0.15) is 5.75 Å². The summed E-state index contributed by atoms with van der Waals surface area (Å²) in [5.74, 6) is 0.832. The molecule has 0 bridgehead atoms. The van der Waals surface area contributed by atoms with Crippen LogP contribution in [0.2, 0.25) is 0 Å². The molecular weight excluding hydrogens is 360 g/mol. The Hall–Kier alpha value is -2.12. The average molecular weight is 388 g/mol. The molecule has 0 saturated carbocycles. The van der Waals surface area contributed by atoms with Crippen molar-refractivity contribution < 1.29 is 23.8 Å². The number of para-hydroxylation sites is 1. The number of esters is 1. The van der Waals surface area contributed by atoms with E-state index in [1.807, 2.05) is 29.2 Å². The zero-order valence-electron chi connectivity index (χ0n) is 16.7. The first kappa shape index (κ1) is 19.2. The smallest absolute Gasteiger partial charge is 0.343 e. The van der Waals surface area contributed by atoms with Crippen LogP contribution in [-0.4, -0.2) is 66.4 Å². The van der Waals surface area contributed by atoms with Gasteiger partial charge in [0.2, 0.25) is 5.91 Å². The van der Waals surface area contributed by atoms with Gasteiger partial charge in [-0.15, -0.1) is 0 Å². The van der Waals surface area contributed by atoms with E-state index in [9.17, 15) is 9.59 Å². The summed E-state index contributed by atoms with van der Waals surface area (Å²) >= 11 is 0. The maximum absolute atomic E-state index is 12.8. The minimum atomic E-state index is -0.478. The molecule has 1 aromatic carbocycles. The third-order valence-electron chi connectivity index (χ3n) is 6.29. The molecule has 1 amide bonds. The van der Waals surface area contributed by atoms with Gasteiger partial charge < -0.3 is 19.1 Å². The highest BCUT2D eigenvalue weighted by atomic mass is 16.6. The molecule has 3 saturated heterocycles. The van der Waals surface area contributed by atoms with Gasteiger partial charge in [-0.2, -0.15) is 0 Å². The first-order chi connectivity index (χ1) is 13.5. The van der Waals surface area contributed by atoms with Crippen LogP contribution in [0.1, 0.15) is 32.3 Å². The van der Waals surface area contributed by atoms with E-state index in [1.165, 1.54) is 7.11 Å². The molecule has 28 heavy (non-hydrogen) atoms. The fraction of sp³-hybridized carbons (Fsp3) is 0.619. The second kappa shape index (κ2) is 7.37. The number of likely N-dealkylation sites (tertiary alicyclic amines) is 1. The first-order valence-corrected chi connectivity index (χ1v) is 9.94. The quantitative estimate of drug-likeness (QED) is 0.693. The summed E-state index contributed by atoms with van der Waals surface area (Å²) in [6.45, 7) is 6.31. The highest BCUT2D eigenvalue weighted by molar-refractivity contribution is 5.82.